The fourth-order valence-corrected chi connectivity index (χ4v) is 4.78. The summed E-state index contributed by atoms with van der Waals surface area (Å²) in [5.41, 5.74) is 4.05. The van der Waals surface area contributed by atoms with Crippen molar-refractivity contribution in [2.75, 3.05) is 31.1 Å². The third-order valence-electron chi connectivity index (χ3n) is 6.85. The molecule has 2 aromatic heterocycles. The molecule has 1 aliphatic heterocycles. The maximum atomic E-state index is 5.16. The number of anilines is 1. The minimum absolute atomic E-state index is 0.764. The molecule has 33 heavy (non-hydrogen) atoms. The van der Waals surface area contributed by atoms with Gasteiger partial charge in [0.25, 0.3) is 0 Å². The van der Waals surface area contributed by atoms with Crippen molar-refractivity contribution < 1.29 is 0 Å². The van der Waals surface area contributed by atoms with Gasteiger partial charge < -0.3 is 14.8 Å². The predicted molar refractivity (Wildman–Crippen MR) is 138 cm³/mol. The standard InChI is InChI=1S/C27H40N6/c1-4-6-18-32(19-7-5-2)27-29-21(3)24-26(31-27)33(20-15-22-13-16-28-17-14-22)25(30-24)23-11-9-8-10-12-23/h8-12,22,28H,4-7,13-20H2,1-3H3. The van der Waals surface area contributed by atoms with E-state index in [1.54, 1.807) is 0 Å². The van der Waals surface area contributed by atoms with Crippen LogP contribution in [0.25, 0.3) is 22.6 Å². The summed E-state index contributed by atoms with van der Waals surface area (Å²) in [6.07, 6.45) is 8.36. The number of aryl methyl sites for hydroxylation is 2. The zero-order valence-electron chi connectivity index (χ0n) is 20.7. The van der Waals surface area contributed by atoms with Crippen LogP contribution < -0.4 is 10.2 Å². The fourth-order valence-electron chi connectivity index (χ4n) is 4.78. The number of nitrogens with one attached hydrogen (secondary N) is 1. The molecular weight excluding hydrogens is 408 g/mol. The molecule has 0 amide bonds. The first-order chi connectivity index (χ1) is 16.2. The Balaban J connectivity index is 1.74. The first-order valence-electron chi connectivity index (χ1n) is 13.0. The van der Waals surface area contributed by atoms with E-state index in [1.165, 1.54) is 32.1 Å². The lowest BCUT2D eigenvalue weighted by molar-refractivity contribution is 0.339. The van der Waals surface area contributed by atoms with Crippen molar-refractivity contribution in [3.05, 3.63) is 36.0 Å². The minimum atomic E-state index is 0.764. The van der Waals surface area contributed by atoms with E-state index in [1.807, 2.05) is 0 Å². The zero-order valence-corrected chi connectivity index (χ0v) is 20.7. The average molecular weight is 449 g/mol. The van der Waals surface area contributed by atoms with Crippen LogP contribution in [0.2, 0.25) is 0 Å². The molecule has 0 unspecified atom stereocenters. The van der Waals surface area contributed by atoms with Crippen molar-refractivity contribution in [1.29, 1.82) is 0 Å². The Morgan fingerprint density at radius 3 is 2.33 bits per heavy atom. The topological polar surface area (TPSA) is 58.9 Å². The molecule has 6 heteroatoms. The number of fused-ring (bicyclic) bond motifs is 1. The van der Waals surface area contributed by atoms with Gasteiger partial charge in [0, 0.05) is 25.2 Å². The van der Waals surface area contributed by atoms with Crippen LogP contribution in [0.3, 0.4) is 0 Å². The number of benzene rings is 1. The van der Waals surface area contributed by atoms with Crippen LogP contribution >= 0.6 is 0 Å². The third kappa shape index (κ3) is 5.72. The van der Waals surface area contributed by atoms with Gasteiger partial charge in [0.15, 0.2) is 5.65 Å². The lowest BCUT2D eigenvalue weighted by atomic mass is 9.95. The summed E-state index contributed by atoms with van der Waals surface area (Å²) in [5.74, 6) is 2.65. The highest BCUT2D eigenvalue weighted by Crippen LogP contribution is 2.28. The third-order valence-corrected chi connectivity index (χ3v) is 6.85. The van der Waals surface area contributed by atoms with E-state index in [0.717, 1.165) is 85.7 Å². The second-order valence-corrected chi connectivity index (χ2v) is 9.41. The van der Waals surface area contributed by atoms with Crippen LogP contribution in [0.4, 0.5) is 5.95 Å². The Hall–Kier alpha value is -2.47. The fraction of sp³-hybridized carbons (Fsp3) is 0.593. The average Bonchev–Trinajstić information content (AvgIpc) is 3.23. The van der Waals surface area contributed by atoms with Gasteiger partial charge in [-0.05, 0) is 58.0 Å². The van der Waals surface area contributed by atoms with Crippen LogP contribution in [0.5, 0.6) is 0 Å². The van der Waals surface area contributed by atoms with Crippen LogP contribution in [-0.4, -0.2) is 45.7 Å². The van der Waals surface area contributed by atoms with Crippen molar-refractivity contribution in [3.63, 3.8) is 0 Å². The number of aromatic nitrogens is 4. The van der Waals surface area contributed by atoms with Gasteiger partial charge in [0.2, 0.25) is 5.95 Å². The van der Waals surface area contributed by atoms with Gasteiger partial charge in [-0.3, -0.25) is 0 Å². The highest BCUT2D eigenvalue weighted by atomic mass is 15.3. The summed E-state index contributed by atoms with van der Waals surface area (Å²) in [6, 6.07) is 10.6. The molecule has 6 nitrogen and oxygen atoms in total. The van der Waals surface area contributed by atoms with E-state index < -0.39 is 0 Å². The Labute approximate surface area is 198 Å². The van der Waals surface area contributed by atoms with E-state index >= 15 is 0 Å². The van der Waals surface area contributed by atoms with Crippen molar-refractivity contribution in [1.82, 2.24) is 24.8 Å². The highest BCUT2D eigenvalue weighted by Gasteiger charge is 2.21. The molecule has 0 radical (unpaired) electrons. The van der Waals surface area contributed by atoms with Crippen molar-refractivity contribution in [3.8, 4) is 11.4 Å². The molecule has 1 N–H and O–H groups in total. The summed E-state index contributed by atoms with van der Waals surface area (Å²) in [5, 5.41) is 3.49. The molecule has 1 aliphatic rings. The van der Waals surface area contributed by atoms with Gasteiger partial charge in [0.1, 0.15) is 11.3 Å². The molecule has 1 fully saturated rings. The Bertz CT molecular complexity index is 998. The first kappa shape index (κ1) is 23.7. The Morgan fingerprint density at radius 2 is 1.67 bits per heavy atom. The number of rotatable bonds is 11. The van der Waals surface area contributed by atoms with Crippen LogP contribution in [0, 0.1) is 12.8 Å². The van der Waals surface area contributed by atoms with E-state index in [-0.39, 0.29) is 0 Å². The molecule has 178 valence electrons. The van der Waals surface area contributed by atoms with E-state index in [2.05, 4.69) is 65.9 Å². The maximum absolute atomic E-state index is 5.16. The smallest absolute Gasteiger partial charge is 0.227 e. The summed E-state index contributed by atoms with van der Waals surface area (Å²) in [7, 11) is 0. The highest BCUT2D eigenvalue weighted by molar-refractivity contribution is 5.80. The predicted octanol–water partition coefficient (Wildman–Crippen LogP) is 5.60. The monoisotopic (exact) mass is 448 g/mol. The number of nitrogens with zero attached hydrogens (tertiary/aromatic N) is 5. The summed E-state index contributed by atoms with van der Waals surface area (Å²) in [6.45, 7) is 11.8. The quantitative estimate of drug-likeness (QED) is 0.414. The van der Waals surface area contributed by atoms with E-state index in [4.69, 9.17) is 15.0 Å². The number of imidazole rings is 1. The van der Waals surface area contributed by atoms with Gasteiger partial charge in [-0.2, -0.15) is 4.98 Å². The molecule has 3 aromatic rings. The largest absolute Gasteiger partial charge is 0.341 e. The Kier molecular flexibility index (Phi) is 8.32. The second-order valence-electron chi connectivity index (χ2n) is 9.41. The maximum Gasteiger partial charge on any atom is 0.227 e. The van der Waals surface area contributed by atoms with Crippen molar-refractivity contribution >= 4 is 17.1 Å². The number of piperidine rings is 1. The summed E-state index contributed by atoms with van der Waals surface area (Å²) in [4.78, 5) is 17.6. The molecule has 4 rings (SSSR count). The normalized spacial score (nSPS) is 14.8. The first-order valence-corrected chi connectivity index (χ1v) is 13.0. The molecule has 0 atom stereocenters. The van der Waals surface area contributed by atoms with Crippen LogP contribution in [-0.2, 0) is 6.54 Å². The van der Waals surface area contributed by atoms with Gasteiger partial charge in [-0.1, -0.05) is 57.0 Å². The van der Waals surface area contributed by atoms with E-state index in [9.17, 15) is 0 Å². The molecule has 1 saturated heterocycles. The van der Waals surface area contributed by atoms with Gasteiger partial charge >= 0.3 is 0 Å². The molecule has 0 bridgehead atoms. The lowest BCUT2D eigenvalue weighted by Crippen LogP contribution is -2.28. The van der Waals surface area contributed by atoms with Crippen LogP contribution in [0.1, 0.15) is 64.5 Å². The SMILES string of the molecule is CCCCN(CCCC)c1nc(C)c2nc(-c3ccccc3)n(CCC3CCNCC3)c2n1. The lowest BCUT2D eigenvalue weighted by Gasteiger charge is -2.24. The van der Waals surface area contributed by atoms with Crippen molar-refractivity contribution in [2.24, 2.45) is 5.92 Å². The molecule has 0 aliphatic carbocycles. The number of hydrogen-bond acceptors (Lipinski definition) is 5. The zero-order chi connectivity index (χ0) is 23.0. The Morgan fingerprint density at radius 1 is 0.970 bits per heavy atom. The minimum Gasteiger partial charge on any atom is -0.341 e. The molecular formula is C27H40N6. The van der Waals surface area contributed by atoms with E-state index in [0.29, 0.717) is 0 Å². The van der Waals surface area contributed by atoms with Gasteiger partial charge in [0.05, 0.1) is 5.69 Å². The second kappa shape index (κ2) is 11.6. The summed E-state index contributed by atoms with van der Waals surface area (Å²) >= 11 is 0. The molecule has 0 spiro atoms. The molecule has 0 saturated carbocycles. The molecule has 3 heterocycles. The molecule has 1 aromatic carbocycles. The number of unbranched alkanes of at least 4 members (excludes halogenated alkanes) is 2. The number of hydrogen-bond donors (Lipinski definition) is 1. The van der Waals surface area contributed by atoms with Gasteiger partial charge in [-0.25, -0.2) is 9.97 Å². The summed E-state index contributed by atoms with van der Waals surface area (Å²) < 4.78 is 2.36. The van der Waals surface area contributed by atoms with Crippen LogP contribution in [0.15, 0.2) is 30.3 Å². The van der Waals surface area contributed by atoms with Gasteiger partial charge in [-0.15, -0.1) is 0 Å². The van der Waals surface area contributed by atoms with Crippen molar-refractivity contribution in [2.45, 2.75) is 72.3 Å².